The zero-order chi connectivity index (χ0) is 24.6. The number of carbonyl (C=O) groups excluding carboxylic acids is 1. The Balaban J connectivity index is 1.30. The molecule has 1 aromatic heterocycles. The van der Waals surface area contributed by atoms with Gasteiger partial charge in [0.25, 0.3) is 5.91 Å². The number of amides is 1. The van der Waals surface area contributed by atoms with Crippen molar-refractivity contribution in [3.05, 3.63) is 54.6 Å². The predicted molar refractivity (Wildman–Crippen MR) is 132 cm³/mol. The lowest BCUT2D eigenvalue weighted by atomic mass is 10.1. The van der Waals surface area contributed by atoms with Gasteiger partial charge in [-0.2, -0.15) is 0 Å². The summed E-state index contributed by atoms with van der Waals surface area (Å²) in [7, 11) is 3.24. The van der Waals surface area contributed by atoms with Gasteiger partial charge >= 0.3 is 0 Å². The second kappa shape index (κ2) is 11.4. The van der Waals surface area contributed by atoms with E-state index in [1.165, 1.54) is 0 Å². The van der Waals surface area contributed by atoms with E-state index in [1.807, 2.05) is 54.3 Å². The fourth-order valence-electron chi connectivity index (χ4n) is 3.87. The van der Waals surface area contributed by atoms with Crippen LogP contribution < -0.4 is 23.8 Å². The van der Waals surface area contributed by atoms with Crippen molar-refractivity contribution in [2.24, 2.45) is 0 Å². The Labute approximate surface area is 205 Å². The Bertz CT molecular complexity index is 1110. The number of piperazine rings is 1. The number of carbonyl (C=O) groups is 1. The molecular formula is C26H30N4O5. The normalized spacial score (nSPS) is 13.3. The highest BCUT2D eigenvalue weighted by Gasteiger charge is 2.23. The van der Waals surface area contributed by atoms with Crippen LogP contribution in [0, 0.1) is 0 Å². The number of ether oxygens (including phenoxy) is 4. The van der Waals surface area contributed by atoms with Gasteiger partial charge in [0.15, 0.2) is 12.4 Å². The van der Waals surface area contributed by atoms with Gasteiger partial charge in [0.05, 0.1) is 26.5 Å². The van der Waals surface area contributed by atoms with E-state index in [0.29, 0.717) is 50.0 Å². The van der Waals surface area contributed by atoms with Crippen LogP contribution in [0.1, 0.15) is 6.92 Å². The predicted octanol–water partition coefficient (Wildman–Crippen LogP) is 3.29. The summed E-state index contributed by atoms with van der Waals surface area (Å²) in [6, 6.07) is 16.7. The van der Waals surface area contributed by atoms with Crippen LogP contribution in [0.5, 0.6) is 23.0 Å². The van der Waals surface area contributed by atoms with Gasteiger partial charge in [0.2, 0.25) is 0 Å². The van der Waals surface area contributed by atoms with Gasteiger partial charge in [-0.15, -0.1) is 10.2 Å². The molecule has 184 valence electrons. The van der Waals surface area contributed by atoms with E-state index in [-0.39, 0.29) is 12.5 Å². The van der Waals surface area contributed by atoms with Gasteiger partial charge in [0.1, 0.15) is 23.0 Å². The minimum atomic E-state index is -0.0370. The minimum Gasteiger partial charge on any atom is -0.497 e. The van der Waals surface area contributed by atoms with E-state index in [1.54, 1.807) is 26.4 Å². The first-order valence-electron chi connectivity index (χ1n) is 11.6. The van der Waals surface area contributed by atoms with Crippen LogP contribution in [0.25, 0.3) is 11.3 Å². The number of nitrogens with zero attached hydrogens (tertiary/aromatic N) is 4. The molecule has 1 aliphatic rings. The van der Waals surface area contributed by atoms with E-state index in [2.05, 4.69) is 15.1 Å². The van der Waals surface area contributed by atoms with Crippen LogP contribution >= 0.6 is 0 Å². The van der Waals surface area contributed by atoms with Crippen LogP contribution in [-0.4, -0.2) is 74.6 Å². The summed E-state index contributed by atoms with van der Waals surface area (Å²) in [4.78, 5) is 16.5. The summed E-state index contributed by atoms with van der Waals surface area (Å²) in [5.41, 5.74) is 1.51. The number of hydrogen-bond acceptors (Lipinski definition) is 8. The maximum atomic E-state index is 12.6. The smallest absolute Gasteiger partial charge is 0.260 e. The van der Waals surface area contributed by atoms with Crippen LogP contribution in [0.15, 0.2) is 54.6 Å². The van der Waals surface area contributed by atoms with E-state index in [4.69, 9.17) is 18.9 Å². The number of hydrogen-bond donors (Lipinski definition) is 0. The third-order valence-corrected chi connectivity index (χ3v) is 5.79. The van der Waals surface area contributed by atoms with Crippen LogP contribution in [0.4, 0.5) is 5.82 Å². The van der Waals surface area contributed by atoms with Gasteiger partial charge in [-0.05, 0) is 61.5 Å². The number of benzene rings is 2. The third-order valence-electron chi connectivity index (χ3n) is 5.79. The molecule has 3 aromatic rings. The summed E-state index contributed by atoms with van der Waals surface area (Å²) >= 11 is 0. The fraction of sp³-hybridized carbons (Fsp3) is 0.346. The highest BCUT2D eigenvalue weighted by atomic mass is 16.5. The maximum Gasteiger partial charge on any atom is 0.260 e. The summed E-state index contributed by atoms with van der Waals surface area (Å²) in [6.45, 7) is 5.08. The Morgan fingerprint density at radius 1 is 0.829 bits per heavy atom. The first-order valence-corrected chi connectivity index (χ1v) is 11.6. The second-order valence-corrected chi connectivity index (χ2v) is 7.90. The summed E-state index contributed by atoms with van der Waals surface area (Å²) in [5, 5.41) is 8.82. The molecule has 0 unspecified atom stereocenters. The lowest BCUT2D eigenvalue weighted by molar-refractivity contribution is -0.133. The summed E-state index contributed by atoms with van der Waals surface area (Å²) < 4.78 is 21.9. The number of rotatable bonds is 9. The molecule has 0 N–H and O–H groups in total. The van der Waals surface area contributed by atoms with Crippen molar-refractivity contribution in [1.29, 1.82) is 0 Å². The molecule has 4 rings (SSSR count). The standard InChI is InChI=1S/C26H30N4O5/c1-4-34-19-5-7-20(8-6-19)35-18-26(31)30-15-13-29(14-16-30)25-12-10-23(27-28-25)22-17-21(32-2)9-11-24(22)33-3/h5-12,17H,4,13-16,18H2,1-3H3. The molecule has 9 nitrogen and oxygen atoms in total. The van der Waals surface area contributed by atoms with Gasteiger partial charge in [-0.1, -0.05) is 0 Å². The van der Waals surface area contributed by atoms with Crippen LogP contribution in [0.2, 0.25) is 0 Å². The molecule has 1 aliphatic heterocycles. The fourth-order valence-corrected chi connectivity index (χ4v) is 3.87. The average molecular weight is 479 g/mol. The van der Waals surface area contributed by atoms with Crippen LogP contribution in [0.3, 0.4) is 0 Å². The van der Waals surface area contributed by atoms with Crippen molar-refractivity contribution in [3.63, 3.8) is 0 Å². The monoisotopic (exact) mass is 478 g/mol. The Kier molecular flexibility index (Phi) is 7.87. The molecule has 9 heteroatoms. The zero-order valence-electron chi connectivity index (χ0n) is 20.3. The SMILES string of the molecule is CCOc1ccc(OCC(=O)N2CCN(c3ccc(-c4cc(OC)ccc4OC)nn3)CC2)cc1. The molecule has 1 amide bonds. The molecular weight excluding hydrogens is 448 g/mol. The van der Waals surface area contributed by atoms with E-state index in [9.17, 15) is 4.79 Å². The second-order valence-electron chi connectivity index (χ2n) is 7.90. The lowest BCUT2D eigenvalue weighted by Gasteiger charge is -2.35. The quantitative estimate of drug-likeness (QED) is 0.463. The van der Waals surface area contributed by atoms with Crippen molar-refractivity contribution >= 4 is 11.7 Å². The van der Waals surface area contributed by atoms with E-state index in [0.717, 1.165) is 22.9 Å². The minimum absolute atomic E-state index is 0.00482. The van der Waals surface area contributed by atoms with Gasteiger partial charge in [0, 0.05) is 31.7 Å². The van der Waals surface area contributed by atoms with Crippen molar-refractivity contribution in [2.45, 2.75) is 6.92 Å². The van der Waals surface area contributed by atoms with Crippen molar-refractivity contribution in [1.82, 2.24) is 15.1 Å². The van der Waals surface area contributed by atoms with Crippen molar-refractivity contribution in [3.8, 4) is 34.3 Å². The van der Waals surface area contributed by atoms with Crippen molar-refractivity contribution in [2.75, 3.05) is 58.5 Å². The Hall–Kier alpha value is -4.01. The highest BCUT2D eigenvalue weighted by molar-refractivity contribution is 5.78. The van der Waals surface area contributed by atoms with Gasteiger partial charge < -0.3 is 28.7 Å². The number of methoxy groups -OCH3 is 2. The van der Waals surface area contributed by atoms with Crippen LogP contribution in [-0.2, 0) is 4.79 Å². The van der Waals surface area contributed by atoms with Gasteiger partial charge in [-0.25, -0.2) is 0 Å². The van der Waals surface area contributed by atoms with E-state index >= 15 is 0 Å². The molecule has 0 aliphatic carbocycles. The summed E-state index contributed by atoms with van der Waals surface area (Å²) in [6.07, 6.45) is 0. The number of anilines is 1. The Morgan fingerprint density at radius 3 is 2.11 bits per heavy atom. The van der Waals surface area contributed by atoms with E-state index < -0.39 is 0 Å². The Morgan fingerprint density at radius 2 is 1.51 bits per heavy atom. The molecule has 1 fully saturated rings. The molecule has 2 heterocycles. The topological polar surface area (TPSA) is 86.3 Å². The maximum absolute atomic E-state index is 12.6. The zero-order valence-corrected chi connectivity index (χ0v) is 20.3. The largest absolute Gasteiger partial charge is 0.497 e. The first-order chi connectivity index (χ1) is 17.1. The molecule has 0 atom stereocenters. The third kappa shape index (κ3) is 5.92. The molecule has 35 heavy (non-hydrogen) atoms. The molecule has 0 radical (unpaired) electrons. The van der Waals surface area contributed by atoms with Crippen molar-refractivity contribution < 1.29 is 23.7 Å². The highest BCUT2D eigenvalue weighted by Crippen LogP contribution is 2.32. The first kappa shape index (κ1) is 24.1. The molecule has 0 spiro atoms. The molecule has 1 saturated heterocycles. The van der Waals surface area contributed by atoms with Gasteiger partial charge in [-0.3, -0.25) is 4.79 Å². The molecule has 0 bridgehead atoms. The molecule has 0 saturated carbocycles. The summed E-state index contributed by atoms with van der Waals surface area (Å²) in [5.74, 6) is 3.58. The average Bonchev–Trinajstić information content (AvgIpc) is 2.92. The lowest BCUT2D eigenvalue weighted by Crippen LogP contribution is -2.50. The molecule has 2 aromatic carbocycles. The number of aromatic nitrogens is 2.